The molecule has 0 fully saturated rings. The lowest BCUT2D eigenvalue weighted by Crippen LogP contribution is -2.10. The topological polar surface area (TPSA) is 112 Å². The second-order valence-electron chi connectivity index (χ2n) is 8.04. The van der Waals surface area contributed by atoms with E-state index in [2.05, 4.69) is 11.2 Å². The molecule has 0 amide bonds. The Morgan fingerprint density at radius 2 is 1.89 bits per heavy atom. The van der Waals surface area contributed by atoms with Crippen LogP contribution in [0.1, 0.15) is 23.7 Å². The Morgan fingerprint density at radius 3 is 2.63 bits per heavy atom. The molecular formula is C27H28N4O4. The fourth-order valence-electron chi connectivity index (χ4n) is 3.95. The molecule has 0 spiro atoms. The SMILES string of the molecule is CCOC(=O)Cc1ccc(OC)cc1OCc1nn(C)c2ccc(-c3cccc(C(=N)N)c3)cc12. The summed E-state index contributed by atoms with van der Waals surface area (Å²) < 4.78 is 18.4. The van der Waals surface area contributed by atoms with E-state index in [-0.39, 0.29) is 24.8 Å². The Kier molecular flexibility index (Phi) is 7.01. The van der Waals surface area contributed by atoms with Gasteiger partial charge in [-0.05, 0) is 42.3 Å². The van der Waals surface area contributed by atoms with Crippen molar-refractivity contribution in [2.45, 2.75) is 20.0 Å². The third-order valence-electron chi connectivity index (χ3n) is 5.71. The molecule has 35 heavy (non-hydrogen) atoms. The van der Waals surface area contributed by atoms with Gasteiger partial charge in [-0.15, -0.1) is 0 Å². The van der Waals surface area contributed by atoms with E-state index in [1.165, 1.54) is 0 Å². The van der Waals surface area contributed by atoms with Crippen molar-refractivity contribution in [3.05, 3.63) is 77.5 Å². The summed E-state index contributed by atoms with van der Waals surface area (Å²) in [5.74, 6) is 0.885. The van der Waals surface area contributed by atoms with Crippen LogP contribution in [0.5, 0.6) is 11.5 Å². The highest BCUT2D eigenvalue weighted by molar-refractivity contribution is 5.96. The van der Waals surface area contributed by atoms with Gasteiger partial charge in [0.1, 0.15) is 29.6 Å². The number of carbonyl (C=O) groups excluding carboxylic acids is 1. The molecule has 0 saturated heterocycles. The van der Waals surface area contributed by atoms with Crippen molar-refractivity contribution in [2.24, 2.45) is 12.8 Å². The molecule has 1 heterocycles. The second kappa shape index (κ2) is 10.3. The predicted octanol–water partition coefficient (Wildman–Crippen LogP) is 4.22. The van der Waals surface area contributed by atoms with E-state index in [1.807, 2.05) is 54.2 Å². The Morgan fingerprint density at radius 1 is 1.09 bits per heavy atom. The van der Waals surface area contributed by atoms with E-state index in [0.717, 1.165) is 27.7 Å². The molecule has 0 atom stereocenters. The Hall–Kier alpha value is -4.33. The van der Waals surface area contributed by atoms with Gasteiger partial charge in [-0.2, -0.15) is 5.10 Å². The number of fused-ring (bicyclic) bond motifs is 1. The number of nitrogens with two attached hydrogens (primary N) is 1. The number of rotatable bonds is 9. The molecule has 1 aromatic heterocycles. The fourth-order valence-corrected chi connectivity index (χ4v) is 3.95. The second-order valence-corrected chi connectivity index (χ2v) is 8.04. The minimum atomic E-state index is -0.316. The molecule has 8 heteroatoms. The Labute approximate surface area is 203 Å². The van der Waals surface area contributed by atoms with Crippen LogP contribution in [0.3, 0.4) is 0 Å². The summed E-state index contributed by atoms with van der Waals surface area (Å²) in [7, 11) is 3.47. The number of ether oxygens (including phenoxy) is 3. The number of carbonyl (C=O) groups is 1. The van der Waals surface area contributed by atoms with Gasteiger partial charge < -0.3 is 19.9 Å². The largest absolute Gasteiger partial charge is 0.497 e. The zero-order chi connectivity index (χ0) is 24.9. The summed E-state index contributed by atoms with van der Waals surface area (Å²) in [5, 5.41) is 13.3. The standard InChI is InChI=1S/C27H28N4O4/c1-4-34-26(32)14-19-8-10-21(33-3)15-25(19)35-16-23-22-13-18(9-11-24(22)31(2)30-23)17-6-5-7-20(12-17)27(28)29/h5-13,15H,4,14,16H2,1-3H3,(H3,28,29). The van der Waals surface area contributed by atoms with Crippen LogP contribution in [0.4, 0.5) is 0 Å². The van der Waals surface area contributed by atoms with Crippen LogP contribution >= 0.6 is 0 Å². The maximum absolute atomic E-state index is 12.1. The number of benzene rings is 3. The predicted molar refractivity (Wildman–Crippen MR) is 135 cm³/mol. The van der Waals surface area contributed by atoms with Crippen molar-refractivity contribution in [3.8, 4) is 22.6 Å². The number of nitrogen functional groups attached to an aromatic ring is 1. The molecule has 0 saturated carbocycles. The number of amidine groups is 1. The third-order valence-corrected chi connectivity index (χ3v) is 5.71. The van der Waals surface area contributed by atoms with Crippen LogP contribution in [-0.2, 0) is 29.6 Å². The first-order valence-electron chi connectivity index (χ1n) is 11.3. The van der Waals surface area contributed by atoms with Gasteiger partial charge in [0.2, 0.25) is 0 Å². The van der Waals surface area contributed by atoms with Gasteiger partial charge in [0.05, 0.1) is 25.7 Å². The minimum absolute atomic E-state index is 0.0281. The van der Waals surface area contributed by atoms with Crippen molar-refractivity contribution >= 4 is 22.7 Å². The maximum Gasteiger partial charge on any atom is 0.310 e. The summed E-state index contributed by atoms with van der Waals surface area (Å²) in [4.78, 5) is 12.1. The number of hydrogen-bond donors (Lipinski definition) is 2. The number of aromatic nitrogens is 2. The summed E-state index contributed by atoms with van der Waals surface area (Å²) in [5.41, 5.74) is 10.7. The molecule has 180 valence electrons. The quantitative estimate of drug-likeness (QED) is 0.214. The molecule has 3 aromatic carbocycles. The van der Waals surface area contributed by atoms with Crippen LogP contribution in [-0.4, -0.2) is 35.3 Å². The van der Waals surface area contributed by atoms with E-state index in [4.69, 9.17) is 25.4 Å². The summed E-state index contributed by atoms with van der Waals surface area (Å²) >= 11 is 0. The number of esters is 1. The zero-order valence-electron chi connectivity index (χ0n) is 20.0. The number of aryl methyl sites for hydroxylation is 1. The van der Waals surface area contributed by atoms with Crippen molar-refractivity contribution < 1.29 is 19.0 Å². The van der Waals surface area contributed by atoms with Gasteiger partial charge in [-0.25, -0.2) is 0 Å². The molecule has 0 aliphatic rings. The summed E-state index contributed by atoms with van der Waals surface area (Å²) in [6.45, 7) is 2.31. The van der Waals surface area contributed by atoms with Gasteiger partial charge in [-0.1, -0.05) is 30.3 Å². The normalized spacial score (nSPS) is 10.8. The zero-order valence-corrected chi connectivity index (χ0v) is 20.0. The lowest BCUT2D eigenvalue weighted by atomic mass is 10.0. The molecule has 3 N–H and O–H groups in total. The average Bonchev–Trinajstić information content (AvgIpc) is 3.18. The number of nitrogens with one attached hydrogen (secondary N) is 1. The smallest absolute Gasteiger partial charge is 0.310 e. The third kappa shape index (κ3) is 5.27. The van der Waals surface area contributed by atoms with E-state index >= 15 is 0 Å². The highest BCUT2D eigenvalue weighted by Crippen LogP contribution is 2.30. The lowest BCUT2D eigenvalue weighted by molar-refractivity contribution is -0.142. The van der Waals surface area contributed by atoms with Gasteiger partial charge in [-0.3, -0.25) is 14.9 Å². The minimum Gasteiger partial charge on any atom is -0.497 e. The van der Waals surface area contributed by atoms with E-state index in [9.17, 15) is 4.79 Å². The summed E-state index contributed by atoms with van der Waals surface area (Å²) in [6, 6.07) is 19.0. The Bertz CT molecular complexity index is 1390. The first-order chi connectivity index (χ1) is 16.9. The highest BCUT2D eigenvalue weighted by Gasteiger charge is 2.15. The van der Waals surface area contributed by atoms with Crippen LogP contribution in [0.25, 0.3) is 22.0 Å². The van der Waals surface area contributed by atoms with Crippen molar-refractivity contribution in [1.29, 1.82) is 5.41 Å². The van der Waals surface area contributed by atoms with Gasteiger partial charge in [0.15, 0.2) is 0 Å². The average molecular weight is 473 g/mol. The van der Waals surface area contributed by atoms with Crippen LogP contribution < -0.4 is 15.2 Å². The van der Waals surface area contributed by atoms with Gasteiger partial charge in [0.25, 0.3) is 0 Å². The lowest BCUT2D eigenvalue weighted by Gasteiger charge is -2.12. The van der Waals surface area contributed by atoms with Gasteiger partial charge >= 0.3 is 5.97 Å². The highest BCUT2D eigenvalue weighted by atomic mass is 16.5. The molecule has 8 nitrogen and oxygen atoms in total. The van der Waals surface area contributed by atoms with Crippen LogP contribution in [0.2, 0.25) is 0 Å². The Balaban J connectivity index is 1.65. The van der Waals surface area contributed by atoms with Crippen molar-refractivity contribution in [2.75, 3.05) is 13.7 Å². The van der Waals surface area contributed by atoms with E-state index in [1.54, 1.807) is 26.2 Å². The number of hydrogen-bond acceptors (Lipinski definition) is 6. The first-order valence-corrected chi connectivity index (χ1v) is 11.3. The van der Waals surface area contributed by atoms with Crippen LogP contribution in [0.15, 0.2) is 60.7 Å². The van der Waals surface area contributed by atoms with Gasteiger partial charge in [0, 0.05) is 29.6 Å². The molecule has 0 bridgehead atoms. The van der Waals surface area contributed by atoms with Crippen LogP contribution in [0, 0.1) is 5.41 Å². The molecular weight excluding hydrogens is 444 g/mol. The maximum atomic E-state index is 12.1. The van der Waals surface area contributed by atoms with E-state index < -0.39 is 0 Å². The molecule has 0 aliphatic carbocycles. The monoisotopic (exact) mass is 472 g/mol. The number of nitrogens with zero attached hydrogens (tertiary/aromatic N) is 2. The van der Waals surface area contributed by atoms with Crippen molar-refractivity contribution in [3.63, 3.8) is 0 Å². The molecule has 4 rings (SSSR count). The fraction of sp³-hybridized carbons (Fsp3) is 0.222. The summed E-state index contributed by atoms with van der Waals surface area (Å²) in [6.07, 6.45) is 0.104. The first kappa shape index (κ1) is 23.8. The molecule has 4 aromatic rings. The molecule has 0 unspecified atom stereocenters. The van der Waals surface area contributed by atoms with E-state index in [0.29, 0.717) is 29.2 Å². The van der Waals surface area contributed by atoms with Crippen molar-refractivity contribution in [1.82, 2.24) is 9.78 Å². The number of methoxy groups -OCH3 is 1. The molecule has 0 aliphatic heterocycles. The molecule has 0 radical (unpaired) electrons.